The van der Waals surface area contributed by atoms with Gasteiger partial charge in [0.2, 0.25) is 5.91 Å². The third-order valence-corrected chi connectivity index (χ3v) is 3.18. The standard InChI is InChI=1S/C11H19N5O2/c17-8-7-15-3-5-16(6-4-15)11(18)2-1-10-12-9-13-14-10/h9,17H,1-8H2,(H,12,13,14). The Balaban J connectivity index is 1.70. The molecule has 0 aliphatic carbocycles. The summed E-state index contributed by atoms with van der Waals surface area (Å²) in [5.41, 5.74) is 0. The SMILES string of the molecule is O=C(CCc1ncn[nH]1)N1CCN(CCO)CC1. The van der Waals surface area contributed by atoms with Gasteiger partial charge in [0.15, 0.2) is 0 Å². The summed E-state index contributed by atoms with van der Waals surface area (Å²) in [7, 11) is 0. The van der Waals surface area contributed by atoms with E-state index in [4.69, 9.17) is 5.11 Å². The lowest BCUT2D eigenvalue weighted by Crippen LogP contribution is -2.49. The van der Waals surface area contributed by atoms with E-state index >= 15 is 0 Å². The highest BCUT2D eigenvalue weighted by Crippen LogP contribution is 2.05. The second kappa shape index (κ2) is 6.46. The predicted molar refractivity (Wildman–Crippen MR) is 64.8 cm³/mol. The molecule has 0 spiro atoms. The van der Waals surface area contributed by atoms with Gasteiger partial charge in [-0.1, -0.05) is 0 Å². The molecule has 1 fully saturated rings. The van der Waals surface area contributed by atoms with Crippen molar-refractivity contribution < 1.29 is 9.90 Å². The Hall–Kier alpha value is -1.47. The average molecular weight is 253 g/mol. The van der Waals surface area contributed by atoms with Crippen LogP contribution < -0.4 is 0 Å². The summed E-state index contributed by atoms with van der Waals surface area (Å²) in [6, 6.07) is 0. The monoisotopic (exact) mass is 253 g/mol. The van der Waals surface area contributed by atoms with Crippen LogP contribution in [-0.2, 0) is 11.2 Å². The van der Waals surface area contributed by atoms with Crippen LogP contribution in [0.2, 0.25) is 0 Å². The van der Waals surface area contributed by atoms with Crippen LogP contribution in [0.5, 0.6) is 0 Å². The molecular formula is C11H19N5O2. The van der Waals surface area contributed by atoms with Crippen LogP contribution in [-0.4, -0.2) is 75.3 Å². The first-order valence-electron chi connectivity index (χ1n) is 6.25. The minimum atomic E-state index is 0.162. The molecule has 2 N–H and O–H groups in total. The minimum Gasteiger partial charge on any atom is -0.395 e. The molecule has 1 aliphatic heterocycles. The number of rotatable bonds is 5. The zero-order chi connectivity index (χ0) is 12.8. The lowest BCUT2D eigenvalue weighted by atomic mass is 10.2. The fourth-order valence-corrected chi connectivity index (χ4v) is 2.10. The van der Waals surface area contributed by atoms with Crippen molar-refractivity contribution in [1.29, 1.82) is 0 Å². The Kier molecular flexibility index (Phi) is 4.66. The molecular weight excluding hydrogens is 234 g/mol. The van der Waals surface area contributed by atoms with Crippen molar-refractivity contribution >= 4 is 5.91 Å². The summed E-state index contributed by atoms with van der Waals surface area (Å²) in [6.45, 7) is 4.05. The van der Waals surface area contributed by atoms with Gasteiger partial charge in [0.1, 0.15) is 12.2 Å². The van der Waals surface area contributed by atoms with Gasteiger partial charge in [0, 0.05) is 45.6 Å². The van der Waals surface area contributed by atoms with Crippen molar-refractivity contribution in [3.05, 3.63) is 12.2 Å². The number of β-amino-alcohol motifs (C(OH)–C–C–N with tert-alkyl or cyclic N) is 1. The first-order chi connectivity index (χ1) is 8.79. The number of aliphatic hydroxyl groups excluding tert-OH is 1. The maximum atomic E-state index is 12.0. The maximum absolute atomic E-state index is 12.0. The Morgan fingerprint density at radius 2 is 2.17 bits per heavy atom. The number of carbonyl (C=O) groups is 1. The Morgan fingerprint density at radius 3 is 2.78 bits per heavy atom. The van der Waals surface area contributed by atoms with Crippen LogP contribution in [0.3, 0.4) is 0 Å². The minimum absolute atomic E-state index is 0.162. The zero-order valence-electron chi connectivity index (χ0n) is 10.4. The largest absolute Gasteiger partial charge is 0.395 e. The van der Waals surface area contributed by atoms with E-state index in [1.54, 1.807) is 0 Å². The highest BCUT2D eigenvalue weighted by atomic mass is 16.3. The topological polar surface area (TPSA) is 85.4 Å². The number of aliphatic hydroxyl groups is 1. The third-order valence-electron chi connectivity index (χ3n) is 3.18. The summed E-state index contributed by atoms with van der Waals surface area (Å²) < 4.78 is 0. The van der Waals surface area contributed by atoms with Crippen LogP contribution in [0.1, 0.15) is 12.2 Å². The van der Waals surface area contributed by atoms with Crippen LogP contribution in [0, 0.1) is 0 Å². The van der Waals surface area contributed by atoms with Gasteiger partial charge < -0.3 is 10.0 Å². The second-order valence-corrected chi connectivity index (χ2v) is 4.38. The fourth-order valence-electron chi connectivity index (χ4n) is 2.10. The molecule has 1 aliphatic rings. The van der Waals surface area contributed by atoms with Gasteiger partial charge in [-0.3, -0.25) is 14.8 Å². The van der Waals surface area contributed by atoms with E-state index in [0.29, 0.717) is 19.4 Å². The van der Waals surface area contributed by atoms with E-state index in [1.165, 1.54) is 6.33 Å². The number of aromatic nitrogens is 3. The van der Waals surface area contributed by atoms with E-state index in [1.807, 2.05) is 4.90 Å². The smallest absolute Gasteiger partial charge is 0.223 e. The lowest BCUT2D eigenvalue weighted by Gasteiger charge is -2.34. The quantitative estimate of drug-likeness (QED) is 0.694. The molecule has 18 heavy (non-hydrogen) atoms. The van der Waals surface area contributed by atoms with Crippen LogP contribution >= 0.6 is 0 Å². The molecule has 0 saturated carbocycles. The zero-order valence-corrected chi connectivity index (χ0v) is 10.4. The van der Waals surface area contributed by atoms with Crippen molar-refractivity contribution in [2.24, 2.45) is 0 Å². The molecule has 7 nitrogen and oxygen atoms in total. The van der Waals surface area contributed by atoms with Gasteiger partial charge in [0.25, 0.3) is 0 Å². The van der Waals surface area contributed by atoms with Crippen molar-refractivity contribution in [2.45, 2.75) is 12.8 Å². The molecule has 0 atom stereocenters. The predicted octanol–water partition coefficient (Wildman–Crippen LogP) is -1.13. The first kappa shape index (κ1) is 13.0. The molecule has 2 rings (SSSR count). The van der Waals surface area contributed by atoms with Gasteiger partial charge >= 0.3 is 0 Å². The molecule has 0 radical (unpaired) electrons. The van der Waals surface area contributed by atoms with E-state index in [-0.39, 0.29) is 12.5 Å². The van der Waals surface area contributed by atoms with Gasteiger partial charge in [-0.15, -0.1) is 0 Å². The van der Waals surface area contributed by atoms with Gasteiger partial charge in [-0.05, 0) is 0 Å². The molecule has 1 saturated heterocycles. The highest BCUT2D eigenvalue weighted by Gasteiger charge is 2.20. The van der Waals surface area contributed by atoms with Crippen molar-refractivity contribution in [3.63, 3.8) is 0 Å². The van der Waals surface area contributed by atoms with E-state index < -0.39 is 0 Å². The number of nitrogens with zero attached hydrogens (tertiary/aromatic N) is 4. The number of aryl methyl sites for hydroxylation is 1. The molecule has 0 aromatic carbocycles. The van der Waals surface area contributed by atoms with E-state index in [0.717, 1.165) is 32.0 Å². The number of piperazine rings is 1. The van der Waals surface area contributed by atoms with E-state index in [2.05, 4.69) is 20.1 Å². The molecule has 1 aromatic heterocycles. The number of hydrogen-bond acceptors (Lipinski definition) is 5. The van der Waals surface area contributed by atoms with E-state index in [9.17, 15) is 4.79 Å². The maximum Gasteiger partial charge on any atom is 0.223 e. The van der Waals surface area contributed by atoms with Gasteiger partial charge in [-0.2, -0.15) is 5.10 Å². The molecule has 1 aromatic rings. The highest BCUT2D eigenvalue weighted by molar-refractivity contribution is 5.76. The second-order valence-electron chi connectivity index (χ2n) is 4.38. The number of hydrogen-bond donors (Lipinski definition) is 2. The molecule has 0 bridgehead atoms. The van der Waals surface area contributed by atoms with Gasteiger partial charge in [0.05, 0.1) is 6.61 Å². The Bertz CT molecular complexity index is 360. The normalized spacial score (nSPS) is 17.1. The summed E-state index contributed by atoms with van der Waals surface area (Å²) in [6.07, 6.45) is 2.53. The fraction of sp³-hybridized carbons (Fsp3) is 0.727. The molecule has 7 heteroatoms. The average Bonchev–Trinajstić information content (AvgIpc) is 2.90. The number of carbonyl (C=O) groups excluding carboxylic acids is 1. The Labute approximate surface area is 106 Å². The van der Waals surface area contributed by atoms with Crippen LogP contribution in [0.15, 0.2) is 6.33 Å². The number of aromatic amines is 1. The number of nitrogens with one attached hydrogen (secondary N) is 1. The summed E-state index contributed by atoms with van der Waals surface area (Å²) >= 11 is 0. The van der Waals surface area contributed by atoms with Crippen molar-refractivity contribution in [1.82, 2.24) is 25.0 Å². The van der Waals surface area contributed by atoms with Crippen molar-refractivity contribution in [3.8, 4) is 0 Å². The summed E-state index contributed by atoms with van der Waals surface area (Å²) in [5, 5.41) is 15.3. The van der Waals surface area contributed by atoms with Crippen LogP contribution in [0.25, 0.3) is 0 Å². The molecule has 1 amide bonds. The number of H-pyrrole nitrogens is 1. The van der Waals surface area contributed by atoms with Crippen molar-refractivity contribution in [2.75, 3.05) is 39.3 Å². The summed E-state index contributed by atoms with van der Waals surface area (Å²) in [5.74, 6) is 0.914. The number of amides is 1. The lowest BCUT2D eigenvalue weighted by molar-refractivity contribution is -0.133. The summed E-state index contributed by atoms with van der Waals surface area (Å²) in [4.78, 5) is 20.0. The first-order valence-corrected chi connectivity index (χ1v) is 6.25. The molecule has 2 heterocycles. The third kappa shape index (κ3) is 3.51. The molecule has 100 valence electrons. The van der Waals surface area contributed by atoms with Crippen LogP contribution in [0.4, 0.5) is 0 Å². The van der Waals surface area contributed by atoms with Gasteiger partial charge in [-0.25, -0.2) is 4.98 Å². The Morgan fingerprint density at radius 1 is 1.39 bits per heavy atom. The molecule has 0 unspecified atom stereocenters.